The van der Waals surface area contributed by atoms with Crippen LogP contribution in [-0.2, 0) is 12.7 Å². The maximum absolute atomic E-state index is 13.1. The second kappa shape index (κ2) is 9.03. The Kier molecular flexibility index (Phi) is 6.10. The van der Waals surface area contributed by atoms with Gasteiger partial charge in [-0.25, -0.2) is 4.98 Å². The Morgan fingerprint density at radius 1 is 1.09 bits per heavy atom. The summed E-state index contributed by atoms with van der Waals surface area (Å²) in [6.07, 6.45) is 3.62. The highest BCUT2D eigenvalue weighted by Gasteiger charge is 2.30. The smallest absolute Gasteiger partial charge is 0.346 e. The molecular weight excluding hydrogens is 449 g/mol. The summed E-state index contributed by atoms with van der Waals surface area (Å²) in [5.41, 5.74) is 1.94. The predicted molar refractivity (Wildman–Crippen MR) is 126 cm³/mol. The summed E-state index contributed by atoms with van der Waals surface area (Å²) < 4.78 is 41.4. The molecule has 0 aliphatic carbocycles. The van der Waals surface area contributed by atoms with Gasteiger partial charge in [0.05, 0.1) is 27.1 Å². The van der Waals surface area contributed by atoms with Crippen LogP contribution in [0.5, 0.6) is 0 Å². The number of aryl methyl sites for hydroxylation is 1. The fourth-order valence-corrected chi connectivity index (χ4v) is 5.20. The zero-order valence-corrected chi connectivity index (χ0v) is 18.9. The van der Waals surface area contributed by atoms with Crippen LogP contribution in [-0.4, -0.2) is 27.6 Å². The van der Waals surface area contributed by atoms with E-state index in [1.807, 2.05) is 24.4 Å². The molecule has 1 aliphatic rings. The molecule has 0 bridgehead atoms. The molecule has 2 N–H and O–H groups in total. The minimum atomic E-state index is -4.39. The molecule has 0 atom stereocenters. The van der Waals surface area contributed by atoms with E-state index in [1.165, 1.54) is 31.7 Å². The number of aromatic amines is 1. The Balaban J connectivity index is 1.39. The number of piperidine rings is 1. The van der Waals surface area contributed by atoms with E-state index < -0.39 is 11.7 Å². The first-order chi connectivity index (χ1) is 15.9. The summed E-state index contributed by atoms with van der Waals surface area (Å²) in [5.74, 6) is 1.34. The molecule has 33 heavy (non-hydrogen) atoms. The molecule has 0 spiro atoms. The number of aromatic nitrogens is 3. The van der Waals surface area contributed by atoms with Crippen LogP contribution in [0.25, 0.3) is 33.3 Å². The Morgan fingerprint density at radius 3 is 2.70 bits per heavy atom. The Bertz CT molecular complexity index is 1270. The molecule has 3 heterocycles. The molecule has 8 heteroatoms. The number of imidazole rings is 1. The van der Waals surface area contributed by atoms with E-state index in [4.69, 9.17) is 11.6 Å². The molecule has 0 radical (unpaired) electrons. The second-order valence-electron chi connectivity index (χ2n) is 8.87. The van der Waals surface area contributed by atoms with Crippen LogP contribution in [0.1, 0.15) is 37.7 Å². The van der Waals surface area contributed by atoms with E-state index in [9.17, 15) is 13.2 Å². The Hall–Kier alpha value is -2.51. The van der Waals surface area contributed by atoms with Crippen molar-refractivity contribution in [2.24, 2.45) is 5.92 Å². The fraction of sp³-hybridized carbons (Fsp3) is 0.400. The molecule has 5 rings (SSSR count). The van der Waals surface area contributed by atoms with Gasteiger partial charge in [-0.15, -0.1) is 0 Å². The van der Waals surface area contributed by atoms with Crippen molar-refractivity contribution in [1.29, 1.82) is 0 Å². The molecule has 0 unspecified atom stereocenters. The van der Waals surface area contributed by atoms with Crippen molar-refractivity contribution in [3.8, 4) is 11.4 Å². The van der Waals surface area contributed by atoms with Crippen LogP contribution in [0, 0.1) is 5.92 Å². The highest BCUT2D eigenvalue weighted by molar-refractivity contribution is 6.36. The third kappa shape index (κ3) is 4.62. The number of benzene rings is 2. The fourth-order valence-electron chi connectivity index (χ4n) is 4.88. The average Bonchev–Trinajstić information content (AvgIpc) is 3.37. The topological polar surface area (TPSA) is 45.6 Å². The van der Waals surface area contributed by atoms with E-state index in [-0.39, 0.29) is 0 Å². The summed E-state index contributed by atoms with van der Waals surface area (Å²) in [4.78, 5) is 7.60. The Labute approximate surface area is 195 Å². The molecule has 4 aromatic rings. The van der Waals surface area contributed by atoms with E-state index >= 15 is 0 Å². The van der Waals surface area contributed by atoms with Crippen LogP contribution in [0.3, 0.4) is 0 Å². The molecular formula is C25H26ClF3N4. The van der Waals surface area contributed by atoms with Crippen molar-refractivity contribution in [2.45, 2.75) is 44.8 Å². The number of hydrogen-bond donors (Lipinski definition) is 2. The average molecular weight is 475 g/mol. The summed E-state index contributed by atoms with van der Waals surface area (Å²) in [6, 6.07) is 9.42. The van der Waals surface area contributed by atoms with Crippen molar-refractivity contribution in [3.05, 3.63) is 53.2 Å². The zero-order chi connectivity index (χ0) is 23.0. The van der Waals surface area contributed by atoms with Gasteiger partial charge in [0.25, 0.3) is 0 Å². The first kappa shape index (κ1) is 22.3. The lowest BCUT2D eigenvalue weighted by atomic mass is 9.92. The number of unbranched alkanes of at least 4 members (excludes halogenated alkanes) is 1. The summed E-state index contributed by atoms with van der Waals surface area (Å²) in [7, 11) is 0. The predicted octanol–water partition coefficient (Wildman–Crippen LogP) is 7.03. The van der Waals surface area contributed by atoms with Gasteiger partial charge in [0.2, 0.25) is 0 Å². The zero-order valence-electron chi connectivity index (χ0n) is 18.2. The van der Waals surface area contributed by atoms with Gasteiger partial charge in [0.1, 0.15) is 5.82 Å². The SMILES string of the molecule is FC(F)(F)c1ccc2nc(-c3cccc4c3c(Cl)cn4CCCCC3CCNCC3)[nH]c2c1. The number of halogens is 4. The van der Waals surface area contributed by atoms with Gasteiger partial charge in [-0.3, -0.25) is 0 Å². The van der Waals surface area contributed by atoms with Crippen molar-refractivity contribution >= 4 is 33.5 Å². The second-order valence-corrected chi connectivity index (χ2v) is 9.28. The molecule has 1 saturated heterocycles. The molecule has 2 aromatic heterocycles. The largest absolute Gasteiger partial charge is 0.416 e. The normalized spacial score (nSPS) is 15.6. The number of nitrogens with zero attached hydrogens (tertiary/aromatic N) is 2. The summed E-state index contributed by atoms with van der Waals surface area (Å²) >= 11 is 6.63. The number of rotatable bonds is 6. The van der Waals surface area contributed by atoms with Crippen LogP contribution in [0.2, 0.25) is 5.02 Å². The lowest BCUT2D eigenvalue weighted by molar-refractivity contribution is -0.137. The third-order valence-corrected chi connectivity index (χ3v) is 6.93. The van der Waals surface area contributed by atoms with Crippen LogP contribution in [0.4, 0.5) is 13.2 Å². The van der Waals surface area contributed by atoms with Crippen molar-refractivity contribution < 1.29 is 13.2 Å². The van der Waals surface area contributed by atoms with E-state index in [1.54, 1.807) is 0 Å². The molecule has 2 aromatic carbocycles. The quantitative estimate of drug-likeness (QED) is 0.295. The van der Waals surface area contributed by atoms with Crippen molar-refractivity contribution in [3.63, 3.8) is 0 Å². The maximum Gasteiger partial charge on any atom is 0.416 e. The summed E-state index contributed by atoms with van der Waals surface area (Å²) in [6.45, 7) is 3.14. The summed E-state index contributed by atoms with van der Waals surface area (Å²) in [5, 5.41) is 4.90. The van der Waals surface area contributed by atoms with Gasteiger partial charge in [-0.1, -0.05) is 36.6 Å². The van der Waals surface area contributed by atoms with Crippen LogP contribution >= 0.6 is 11.6 Å². The molecule has 174 valence electrons. The van der Waals surface area contributed by atoms with E-state index in [0.29, 0.717) is 21.9 Å². The molecule has 4 nitrogen and oxygen atoms in total. The number of fused-ring (bicyclic) bond motifs is 2. The van der Waals surface area contributed by atoms with Gasteiger partial charge in [0, 0.05) is 23.7 Å². The van der Waals surface area contributed by atoms with E-state index in [2.05, 4.69) is 19.9 Å². The first-order valence-electron chi connectivity index (χ1n) is 11.5. The maximum atomic E-state index is 13.1. The number of nitrogens with one attached hydrogen (secondary N) is 2. The van der Waals surface area contributed by atoms with Gasteiger partial charge in [-0.05, 0) is 62.5 Å². The number of H-pyrrole nitrogens is 1. The molecule has 0 amide bonds. The molecule has 1 aliphatic heterocycles. The minimum absolute atomic E-state index is 0.352. The minimum Gasteiger partial charge on any atom is -0.346 e. The van der Waals surface area contributed by atoms with Crippen molar-refractivity contribution in [2.75, 3.05) is 13.1 Å². The lowest BCUT2D eigenvalue weighted by Crippen LogP contribution is -2.27. The Morgan fingerprint density at radius 2 is 1.91 bits per heavy atom. The third-order valence-electron chi connectivity index (χ3n) is 6.64. The van der Waals surface area contributed by atoms with Gasteiger partial charge >= 0.3 is 6.18 Å². The van der Waals surface area contributed by atoms with E-state index in [0.717, 1.165) is 60.6 Å². The molecule has 0 saturated carbocycles. The van der Waals surface area contributed by atoms with Crippen molar-refractivity contribution in [1.82, 2.24) is 19.9 Å². The first-order valence-corrected chi connectivity index (χ1v) is 11.8. The standard InChI is InChI=1S/C25H26ClF3N4/c26-19-15-33(13-2-1-4-16-9-11-30-12-10-16)22-6-3-5-18(23(19)22)24-31-20-8-7-17(25(27,28)29)14-21(20)32-24/h3,5-8,14-16,30H,1-2,4,9-13H2,(H,31,32). The van der Waals surface area contributed by atoms with Gasteiger partial charge < -0.3 is 14.9 Å². The highest BCUT2D eigenvalue weighted by atomic mass is 35.5. The van der Waals surface area contributed by atoms with Crippen LogP contribution < -0.4 is 5.32 Å². The lowest BCUT2D eigenvalue weighted by Gasteiger charge is -2.22. The monoisotopic (exact) mass is 474 g/mol. The number of alkyl halides is 3. The van der Waals surface area contributed by atoms with Gasteiger partial charge in [-0.2, -0.15) is 13.2 Å². The number of hydrogen-bond acceptors (Lipinski definition) is 2. The molecule has 1 fully saturated rings. The van der Waals surface area contributed by atoms with Gasteiger partial charge in [0.15, 0.2) is 0 Å². The van der Waals surface area contributed by atoms with Crippen LogP contribution in [0.15, 0.2) is 42.6 Å². The highest BCUT2D eigenvalue weighted by Crippen LogP contribution is 2.36.